The lowest BCUT2D eigenvalue weighted by Crippen LogP contribution is -2.21. The van der Waals surface area contributed by atoms with Gasteiger partial charge in [-0.3, -0.25) is 9.59 Å². The number of carbonyl (C=O) groups is 2. The fourth-order valence-electron chi connectivity index (χ4n) is 2.07. The van der Waals surface area contributed by atoms with E-state index in [-0.39, 0.29) is 12.3 Å². The topological polar surface area (TPSA) is 70.6 Å². The number of hydrogen-bond acceptors (Lipinski definition) is 3. The zero-order chi connectivity index (χ0) is 18.4. The lowest BCUT2D eigenvalue weighted by atomic mass is 10.2. The first-order valence-corrected chi connectivity index (χ1v) is 8.26. The second-order valence-corrected chi connectivity index (χ2v) is 6.36. The lowest BCUT2D eigenvalue weighted by Gasteiger charge is -2.08. The van der Waals surface area contributed by atoms with Gasteiger partial charge in [0.1, 0.15) is 0 Å². The Hall–Kier alpha value is -2.37. The molecule has 5 nitrogen and oxygen atoms in total. The number of amides is 2. The molecule has 0 saturated carbocycles. The van der Waals surface area contributed by atoms with Crippen LogP contribution in [0.5, 0.6) is 0 Å². The highest BCUT2D eigenvalue weighted by molar-refractivity contribution is 6.31. The summed E-state index contributed by atoms with van der Waals surface area (Å²) < 4.78 is 0. The van der Waals surface area contributed by atoms with Gasteiger partial charge in [-0.1, -0.05) is 29.3 Å². The van der Waals surface area contributed by atoms with E-state index in [0.29, 0.717) is 27.0 Å². The van der Waals surface area contributed by atoms with E-state index in [1.165, 1.54) is 6.07 Å². The summed E-state index contributed by atoms with van der Waals surface area (Å²) in [5, 5.41) is 7.80. The molecule has 0 radical (unpaired) electrons. The van der Waals surface area contributed by atoms with Crippen molar-refractivity contribution < 1.29 is 9.59 Å². The summed E-state index contributed by atoms with van der Waals surface area (Å²) in [7, 11) is 0. The van der Waals surface area contributed by atoms with Gasteiger partial charge in [-0.15, -0.1) is 0 Å². The molecule has 2 amide bonds. The van der Waals surface area contributed by atoms with E-state index in [1.54, 1.807) is 43.3 Å². The van der Waals surface area contributed by atoms with Crippen LogP contribution in [0.4, 0.5) is 5.69 Å². The highest BCUT2D eigenvalue weighted by Gasteiger charge is 2.08. The molecule has 0 atom stereocenters. The summed E-state index contributed by atoms with van der Waals surface area (Å²) in [6, 6.07) is 11.7. The second kappa shape index (κ2) is 8.65. The summed E-state index contributed by atoms with van der Waals surface area (Å²) in [5.74, 6) is -0.625. The van der Waals surface area contributed by atoms with Gasteiger partial charge >= 0.3 is 0 Å². The highest BCUT2D eigenvalue weighted by Crippen LogP contribution is 2.19. The minimum Gasteiger partial charge on any atom is -0.326 e. The van der Waals surface area contributed by atoms with Crippen LogP contribution in [0.25, 0.3) is 0 Å². The molecular formula is C18H17Cl2N3O2. The van der Waals surface area contributed by atoms with Crippen molar-refractivity contribution in [3.8, 4) is 0 Å². The van der Waals surface area contributed by atoms with Gasteiger partial charge in [-0.05, 0) is 55.8 Å². The maximum absolute atomic E-state index is 12.1. The molecule has 2 aromatic rings. The Kier molecular flexibility index (Phi) is 6.56. The highest BCUT2D eigenvalue weighted by atomic mass is 35.5. The standard InChI is InChI=1S/C18H17Cl2N3O2/c1-11-8-15(20)6-7-16(11)21-17(24)9-12(2)22-23-18(25)13-4-3-5-14(19)10-13/h3-8,10H,9H2,1-2H3,(H,21,24)(H,23,25). The van der Waals surface area contributed by atoms with Crippen molar-refractivity contribution >= 4 is 46.4 Å². The largest absolute Gasteiger partial charge is 0.326 e. The summed E-state index contributed by atoms with van der Waals surface area (Å²) >= 11 is 11.7. The third kappa shape index (κ3) is 5.89. The lowest BCUT2D eigenvalue weighted by molar-refractivity contribution is -0.115. The van der Waals surface area contributed by atoms with Crippen LogP contribution in [0, 0.1) is 6.92 Å². The number of aryl methyl sites for hydroxylation is 1. The molecule has 25 heavy (non-hydrogen) atoms. The molecule has 0 aliphatic carbocycles. The van der Waals surface area contributed by atoms with Gasteiger partial charge in [-0.25, -0.2) is 5.43 Å². The van der Waals surface area contributed by atoms with E-state index in [2.05, 4.69) is 15.8 Å². The average Bonchev–Trinajstić information content (AvgIpc) is 2.55. The molecule has 0 aliphatic rings. The predicted molar refractivity (Wildman–Crippen MR) is 101 cm³/mol. The maximum Gasteiger partial charge on any atom is 0.271 e. The van der Waals surface area contributed by atoms with Crippen molar-refractivity contribution in [3.63, 3.8) is 0 Å². The number of benzene rings is 2. The molecule has 2 rings (SSSR count). The third-order valence-electron chi connectivity index (χ3n) is 3.31. The number of nitrogens with zero attached hydrogens (tertiary/aromatic N) is 1. The van der Waals surface area contributed by atoms with E-state index in [1.807, 2.05) is 6.92 Å². The average molecular weight is 378 g/mol. The molecule has 0 fully saturated rings. The van der Waals surface area contributed by atoms with Crippen molar-refractivity contribution in [1.29, 1.82) is 0 Å². The monoisotopic (exact) mass is 377 g/mol. The van der Waals surface area contributed by atoms with E-state index >= 15 is 0 Å². The zero-order valence-electron chi connectivity index (χ0n) is 13.8. The second-order valence-electron chi connectivity index (χ2n) is 5.48. The molecule has 2 N–H and O–H groups in total. The fourth-order valence-corrected chi connectivity index (χ4v) is 2.49. The molecule has 0 aliphatic heterocycles. The van der Waals surface area contributed by atoms with Gasteiger partial charge in [0.05, 0.1) is 6.42 Å². The zero-order valence-corrected chi connectivity index (χ0v) is 15.3. The van der Waals surface area contributed by atoms with Crippen molar-refractivity contribution in [1.82, 2.24) is 5.43 Å². The molecule has 0 bridgehead atoms. The van der Waals surface area contributed by atoms with Gasteiger partial charge in [0.15, 0.2) is 0 Å². The van der Waals surface area contributed by atoms with Crippen LogP contribution in [0.1, 0.15) is 29.3 Å². The van der Waals surface area contributed by atoms with Crippen molar-refractivity contribution in [2.45, 2.75) is 20.3 Å². The Morgan fingerprint density at radius 3 is 2.48 bits per heavy atom. The molecule has 0 spiro atoms. The normalized spacial score (nSPS) is 11.1. The molecule has 0 aromatic heterocycles. The molecule has 0 saturated heterocycles. The van der Waals surface area contributed by atoms with Gasteiger partial charge < -0.3 is 5.32 Å². The Labute approximate surface area is 156 Å². The summed E-state index contributed by atoms with van der Waals surface area (Å²) in [4.78, 5) is 24.0. The van der Waals surface area contributed by atoms with E-state index in [9.17, 15) is 9.59 Å². The number of halogens is 2. The number of hydrazone groups is 1. The summed E-state index contributed by atoms with van der Waals surface area (Å²) in [5.41, 5.74) is 4.82. The number of carbonyl (C=O) groups excluding carboxylic acids is 2. The van der Waals surface area contributed by atoms with Crippen LogP contribution in [-0.2, 0) is 4.79 Å². The molecule has 0 heterocycles. The maximum atomic E-state index is 12.1. The Morgan fingerprint density at radius 2 is 1.80 bits per heavy atom. The molecule has 2 aromatic carbocycles. The predicted octanol–water partition coefficient (Wildman–Crippen LogP) is 4.44. The molecule has 130 valence electrons. The smallest absolute Gasteiger partial charge is 0.271 e. The van der Waals surface area contributed by atoms with Gasteiger partial charge in [0.25, 0.3) is 5.91 Å². The van der Waals surface area contributed by atoms with E-state index in [0.717, 1.165) is 5.56 Å². The third-order valence-corrected chi connectivity index (χ3v) is 3.78. The van der Waals surface area contributed by atoms with Gasteiger partial charge in [0, 0.05) is 27.0 Å². The molecule has 0 unspecified atom stereocenters. The van der Waals surface area contributed by atoms with Crippen LogP contribution in [0.15, 0.2) is 47.6 Å². The number of hydrogen-bond donors (Lipinski definition) is 2. The van der Waals surface area contributed by atoms with E-state index in [4.69, 9.17) is 23.2 Å². The number of rotatable bonds is 5. The number of nitrogens with one attached hydrogen (secondary N) is 2. The summed E-state index contributed by atoms with van der Waals surface area (Å²) in [6.45, 7) is 3.51. The molecule has 7 heteroatoms. The first-order chi connectivity index (χ1) is 11.8. The Balaban J connectivity index is 1.92. The Morgan fingerprint density at radius 1 is 1.08 bits per heavy atom. The van der Waals surface area contributed by atoms with Crippen LogP contribution in [0.3, 0.4) is 0 Å². The minimum absolute atomic E-state index is 0.0535. The van der Waals surface area contributed by atoms with Crippen molar-refractivity contribution in [2.24, 2.45) is 5.10 Å². The van der Waals surface area contributed by atoms with Crippen LogP contribution in [0.2, 0.25) is 10.0 Å². The van der Waals surface area contributed by atoms with Crippen molar-refractivity contribution in [2.75, 3.05) is 5.32 Å². The van der Waals surface area contributed by atoms with Crippen molar-refractivity contribution in [3.05, 3.63) is 63.6 Å². The Bertz CT molecular complexity index is 835. The molecular weight excluding hydrogens is 361 g/mol. The van der Waals surface area contributed by atoms with E-state index < -0.39 is 5.91 Å². The van der Waals surface area contributed by atoms with Crippen LogP contribution >= 0.6 is 23.2 Å². The van der Waals surface area contributed by atoms with Gasteiger partial charge in [-0.2, -0.15) is 5.10 Å². The summed E-state index contributed by atoms with van der Waals surface area (Å²) in [6.07, 6.45) is 0.0535. The van der Waals surface area contributed by atoms with Crippen LogP contribution < -0.4 is 10.7 Å². The SMILES string of the molecule is CC(CC(=O)Nc1ccc(Cl)cc1C)=NNC(=O)c1cccc(Cl)c1. The number of anilines is 1. The van der Waals surface area contributed by atoms with Gasteiger partial charge in [0.2, 0.25) is 5.91 Å². The van der Waals surface area contributed by atoms with Crippen LogP contribution in [-0.4, -0.2) is 17.5 Å². The quantitative estimate of drug-likeness (QED) is 0.597. The fraction of sp³-hybridized carbons (Fsp3) is 0.167. The minimum atomic E-state index is -0.393. The first kappa shape index (κ1) is 19.0. The first-order valence-electron chi connectivity index (χ1n) is 7.50.